The van der Waals surface area contributed by atoms with Crippen molar-refractivity contribution in [3.8, 4) is 0 Å². The highest BCUT2D eigenvalue weighted by atomic mass is 35.5. The van der Waals surface area contributed by atoms with Crippen molar-refractivity contribution in [3.05, 3.63) is 0 Å². The van der Waals surface area contributed by atoms with Crippen molar-refractivity contribution in [2.24, 2.45) is 11.8 Å². The molecule has 0 bridgehead atoms. The van der Waals surface area contributed by atoms with Crippen LogP contribution in [-0.4, -0.2) is 13.1 Å². The van der Waals surface area contributed by atoms with Crippen LogP contribution in [-0.2, 0) is 0 Å². The van der Waals surface area contributed by atoms with Crippen LogP contribution in [0.25, 0.3) is 0 Å². The molecule has 2 heteroatoms. The molecule has 1 nitrogen and oxygen atoms in total. The lowest BCUT2D eigenvalue weighted by Crippen LogP contribution is -2.09. The Bertz CT molecular complexity index is 84.9. The van der Waals surface area contributed by atoms with Crippen LogP contribution >= 0.6 is 12.4 Å². The van der Waals surface area contributed by atoms with Gasteiger partial charge in [-0.1, -0.05) is 0 Å². The molecular weight excluding hydrogens is 134 g/mol. The molecule has 54 valence electrons. The molecule has 0 aromatic carbocycles. The van der Waals surface area contributed by atoms with E-state index in [1.807, 2.05) is 0 Å². The second-order valence-electron chi connectivity index (χ2n) is 3.09. The fraction of sp³-hybridized carbons (Fsp3) is 1.00. The van der Waals surface area contributed by atoms with Crippen LogP contribution in [0, 0.1) is 11.8 Å². The highest BCUT2D eigenvalue weighted by Gasteiger charge is 2.32. The maximum atomic E-state index is 3.39. The second-order valence-corrected chi connectivity index (χ2v) is 3.09. The van der Waals surface area contributed by atoms with Gasteiger partial charge in [-0.05, 0) is 44.2 Å². The number of rotatable bonds is 1. The van der Waals surface area contributed by atoms with Gasteiger partial charge in [0.15, 0.2) is 0 Å². The lowest BCUT2D eigenvalue weighted by molar-refractivity contribution is 0.509. The van der Waals surface area contributed by atoms with Gasteiger partial charge in [0.25, 0.3) is 0 Å². The van der Waals surface area contributed by atoms with Crippen LogP contribution in [0.1, 0.15) is 19.3 Å². The van der Waals surface area contributed by atoms with Gasteiger partial charge in [-0.3, -0.25) is 0 Å². The summed E-state index contributed by atoms with van der Waals surface area (Å²) < 4.78 is 0. The molecule has 0 spiro atoms. The summed E-state index contributed by atoms with van der Waals surface area (Å²) in [6, 6.07) is 0. The summed E-state index contributed by atoms with van der Waals surface area (Å²) in [6.45, 7) is 2.59. The third-order valence-electron chi connectivity index (χ3n) is 2.39. The summed E-state index contributed by atoms with van der Waals surface area (Å²) in [4.78, 5) is 0. The first-order chi connectivity index (χ1) is 3.97. The van der Waals surface area contributed by atoms with Gasteiger partial charge < -0.3 is 5.32 Å². The molecule has 1 heterocycles. The minimum Gasteiger partial charge on any atom is -0.316 e. The van der Waals surface area contributed by atoms with Crippen molar-refractivity contribution in [2.75, 3.05) is 13.1 Å². The van der Waals surface area contributed by atoms with Gasteiger partial charge in [-0.2, -0.15) is 0 Å². The van der Waals surface area contributed by atoms with E-state index >= 15 is 0 Å². The first-order valence-electron chi connectivity index (χ1n) is 3.67. The summed E-state index contributed by atoms with van der Waals surface area (Å²) >= 11 is 0. The van der Waals surface area contributed by atoms with E-state index in [2.05, 4.69) is 5.32 Å². The number of hydrogen-bond donors (Lipinski definition) is 1. The van der Waals surface area contributed by atoms with Gasteiger partial charge in [0.2, 0.25) is 0 Å². The Morgan fingerprint density at radius 3 is 2.22 bits per heavy atom. The standard InChI is InChI=1S/C7H13N.ClH/c1-2-6(1)7-3-4-8-5-7;/h6-8H,1-5H2;1H. The monoisotopic (exact) mass is 147 g/mol. The molecule has 1 aliphatic carbocycles. The van der Waals surface area contributed by atoms with Gasteiger partial charge in [-0.25, -0.2) is 0 Å². The Labute approximate surface area is 62.6 Å². The second kappa shape index (κ2) is 2.89. The molecular formula is C7H14ClN. The van der Waals surface area contributed by atoms with Crippen LogP contribution in [0.3, 0.4) is 0 Å². The van der Waals surface area contributed by atoms with Gasteiger partial charge in [0, 0.05) is 0 Å². The van der Waals surface area contributed by atoms with E-state index in [1.54, 1.807) is 0 Å². The first kappa shape index (κ1) is 7.36. The number of nitrogens with one attached hydrogen (secondary N) is 1. The zero-order valence-corrected chi connectivity index (χ0v) is 6.41. The van der Waals surface area contributed by atoms with Crippen molar-refractivity contribution in [1.82, 2.24) is 5.32 Å². The molecule has 1 saturated heterocycles. The average Bonchev–Trinajstić information content (AvgIpc) is 2.49. The predicted octanol–water partition coefficient (Wildman–Crippen LogP) is 1.43. The van der Waals surface area contributed by atoms with Crippen molar-refractivity contribution >= 4 is 12.4 Å². The Morgan fingerprint density at radius 1 is 1.00 bits per heavy atom. The third-order valence-corrected chi connectivity index (χ3v) is 2.39. The first-order valence-corrected chi connectivity index (χ1v) is 3.67. The van der Waals surface area contributed by atoms with Gasteiger partial charge >= 0.3 is 0 Å². The van der Waals surface area contributed by atoms with E-state index < -0.39 is 0 Å². The van der Waals surface area contributed by atoms with Crippen LogP contribution in [0.2, 0.25) is 0 Å². The summed E-state index contributed by atoms with van der Waals surface area (Å²) in [7, 11) is 0. The minimum absolute atomic E-state index is 0. The summed E-state index contributed by atoms with van der Waals surface area (Å²) in [6.07, 6.45) is 4.49. The average molecular weight is 148 g/mol. The molecule has 0 aromatic heterocycles. The normalized spacial score (nSPS) is 34.0. The van der Waals surface area contributed by atoms with Crippen molar-refractivity contribution < 1.29 is 0 Å². The molecule has 0 aromatic rings. The van der Waals surface area contributed by atoms with Gasteiger partial charge in [0.05, 0.1) is 0 Å². The molecule has 2 aliphatic rings. The van der Waals surface area contributed by atoms with Gasteiger partial charge in [0.1, 0.15) is 0 Å². The van der Waals surface area contributed by atoms with E-state index in [1.165, 1.54) is 32.4 Å². The smallest absolute Gasteiger partial charge is 0.00174 e. The molecule has 2 rings (SSSR count). The topological polar surface area (TPSA) is 12.0 Å². The van der Waals surface area contributed by atoms with Crippen molar-refractivity contribution in [3.63, 3.8) is 0 Å². The summed E-state index contributed by atoms with van der Waals surface area (Å²) in [5, 5.41) is 3.39. The minimum atomic E-state index is 0. The molecule has 0 amide bonds. The molecule has 0 radical (unpaired) electrons. The number of halogens is 1. The van der Waals surface area contributed by atoms with Gasteiger partial charge in [-0.15, -0.1) is 12.4 Å². The Kier molecular flexibility index (Phi) is 2.36. The van der Waals surface area contributed by atoms with E-state index in [9.17, 15) is 0 Å². The molecule has 1 N–H and O–H groups in total. The molecule has 2 fully saturated rings. The fourth-order valence-corrected chi connectivity index (χ4v) is 1.65. The maximum absolute atomic E-state index is 3.39. The van der Waals surface area contributed by atoms with Crippen LogP contribution in [0.15, 0.2) is 0 Å². The van der Waals surface area contributed by atoms with E-state index in [0.29, 0.717) is 0 Å². The third kappa shape index (κ3) is 1.59. The molecule has 1 unspecified atom stereocenters. The Morgan fingerprint density at radius 2 is 1.78 bits per heavy atom. The van der Waals surface area contributed by atoms with E-state index in [4.69, 9.17) is 0 Å². The van der Waals surface area contributed by atoms with Crippen molar-refractivity contribution in [1.29, 1.82) is 0 Å². The quantitative estimate of drug-likeness (QED) is 0.592. The molecule has 1 atom stereocenters. The Balaban J connectivity index is 0.000000405. The Hall–Kier alpha value is 0.250. The zero-order valence-electron chi connectivity index (χ0n) is 5.60. The fourth-order valence-electron chi connectivity index (χ4n) is 1.65. The largest absolute Gasteiger partial charge is 0.316 e. The number of hydrogen-bond acceptors (Lipinski definition) is 1. The van der Waals surface area contributed by atoms with Crippen molar-refractivity contribution in [2.45, 2.75) is 19.3 Å². The highest BCUT2D eigenvalue weighted by Crippen LogP contribution is 2.39. The van der Waals surface area contributed by atoms with E-state index in [-0.39, 0.29) is 12.4 Å². The van der Waals surface area contributed by atoms with Crippen LogP contribution < -0.4 is 5.32 Å². The SMILES string of the molecule is C1CC(C2CC2)CN1.Cl. The summed E-state index contributed by atoms with van der Waals surface area (Å²) in [5.41, 5.74) is 0. The molecule has 9 heavy (non-hydrogen) atoms. The zero-order chi connectivity index (χ0) is 5.40. The van der Waals surface area contributed by atoms with E-state index in [0.717, 1.165) is 11.8 Å². The lowest BCUT2D eigenvalue weighted by Gasteiger charge is -2.01. The highest BCUT2D eigenvalue weighted by molar-refractivity contribution is 5.85. The maximum Gasteiger partial charge on any atom is -0.00174 e. The predicted molar refractivity (Wildman–Crippen MR) is 40.9 cm³/mol. The molecule has 1 saturated carbocycles. The van der Waals surface area contributed by atoms with Crippen LogP contribution in [0.5, 0.6) is 0 Å². The lowest BCUT2D eigenvalue weighted by atomic mass is 10.0. The summed E-state index contributed by atoms with van der Waals surface area (Å²) in [5.74, 6) is 2.19. The molecule has 1 aliphatic heterocycles. The van der Waals surface area contributed by atoms with Crippen LogP contribution in [0.4, 0.5) is 0 Å².